The highest BCUT2D eigenvalue weighted by molar-refractivity contribution is 6.31. The van der Waals surface area contributed by atoms with Crippen molar-refractivity contribution < 1.29 is 0 Å². The summed E-state index contributed by atoms with van der Waals surface area (Å²) in [6, 6.07) is 17.3. The third kappa shape index (κ3) is 5.08. The molecule has 2 aromatic carbocycles. The summed E-state index contributed by atoms with van der Waals surface area (Å²) >= 11 is 12.1. The van der Waals surface area contributed by atoms with Crippen LogP contribution in [0.1, 0.15) is 16.8 Å². The van der Waals surface area contributed by atoms with E-state index in [-0.39, 0.29) is 0 Å². The molecule has 0 saturated heterocycles. The quantitative estimate of drug-likeness (QED) is 0.614. The van der Waals surface area contributed by atoms with Crippen molar-refractivity contribution in [3.8, 4) is 0 Å². The van der Waals surface area contributed by atoms with Crippen molar-refractivity contribution in [3.05, 3.63) is 81.5 Å². The van der Waals surface area contributed by atoms with Crippen LogP contribution in [-0.4, -0.2) is 9.97 Å². The van der Waals surface area contributed by atoms with Crippen LogP contribution < -0.4 is 10.6 Å². The van der Waals surface area contributed by atoms with Crippen LogP contribution in [-0.2, 0) is 13.1 Å². The average Bonchev–Trinajstić information content (AvgIpc) is 2.60. The third-order valence-electron chi connectivity index (χ3n) is 3.64. The van der Waals surface area contributed by atoms with E-state index in [0.29, 0.717) is 19.0 Å². The van der Waals surface area contributed by atoms with E-state index < -0.39 is 0 Å². The van der Waals surface area contributed by atoms with Gasteiger partial charge in [-0.05, 0) is 36.2 Å². The second kappa shape index (κ2) is 8.19. The molecule has 3 aromatic rings. The van der Waals surface area contributed by atoms with Gasteiger partial charge in [-0.1, -0.05) is 53.5 Å². The van der Waals surface area contributed by atoms with Gasteiger partial charge in [0.1, 0.15) is 5.82 Å². The zero-order valence-corrected chi connectivity index (χ0v) is 15.3. The lowest BCUT2D eigenvalue weighted by atomic mass is 10.2. The molecule has 0 radical (unpaired) electrons. The Kier molecular flexibility index (Phi) is 5.74. The van der Waals surface area contributed by atoms with Crippen molar-refractivity contribution in [3.63, 3.8) is 0 Å². The molecule has 0 bridgehead atoms. The smallest absolute Gasteiger partial charge is 0.225 e. The molecular weight excluding hydrogens is 355 g/mol. The minimum Gasteiger partial charge on any atom is -0.366 e. The fourth-order valence-corrected chi connectivity index (χ4v) is 2.68. The van der Waals surface area contributed by atoms with Crippen molar-refractivity contribution in [2.45, 2.75) is 20.0 Å². The number of nitrogens with one attached hydrogen (secondary N) is 2. The third-order valence-corrected chi connectivity index (χ3v) is 4.26. The maximum atomic E-state index is 6.19. The van der Waals surface area contributed by atoms with Gasteiger partial charge in [0.25, 0.3) is 0 Å². The first kappa shape index (κ1) is 17.5. The molecule has 1 aromatic heterocycles. The van der Waals surface area contributed by atoms with Crippen LogP contribution in [0.2, 0.25) is 10.0 Å². The minimum atomic E-state index is 0.580. The van der Waals surface area contributed by atoms with Gasteiger partial charge in [0.15, 0.2) is 0 Å². The van der Waals surface area contributed by atoms with Gasteiger partial charge in [-0.25, -0.2) is 4.98 Å². The lowest BCUT2D eigenvalue weighted by molar-refractivity contribution is 1.01. The normalized spacial score (nSPS) is 10.5. The number of benzene rings is 2. The lowest BCUT2D eigenvalue weighted by Gasteiger charge is -2.11. The van der Waals surface area contributed by atoms with Crippen LogP contribution in [0.4, 0.5) is 11.8 Å². The Morgan fingerprint density at radius 2 is 1.64 bits per heavy atom. The molecule has 0 fully saturated rings. The molecule has 0 aliphatic carbocycles. The molecule has 0 spiro atoms. The topological polar surface area (TPSA) is 49.8 Å². The van der Waals surface area contributed by atoms with Gasteiger partial charge in [-0.2, -0.15) is 4.98 Å². The minimum absolute atomic E-state index is 0.580. The average molecular weight is 373 g/mol. The number of anilines is 2. The van der Waals surface area contributed by atoms with Crippen LogP contribution in [0.5, 0.6) is 0 Å². The van der Waals surface area contributed by atoms with E-state index in [1.54, 1.807) is 0 Å². The maximum Gasteiger partial charge on any atom is 0.225 e. The predicted molar refractivity (Wildman–Crippen MR) is 104 cm³/mol. The lowest BCUT2D eigenvalue weighted by Crippen LogP contribution is -2.08. The van der Waals surface area contributed by atoms with E-state index in [1.165, 1.54) is 0 Å². The number of hydrogen-bond donors (Lipinski definition) is 2. The van der Waals surface area contributed by atoms with Gasteiger partial charge in [0.05, 0.1) is 0 Å². The van der Waals surface area contributed by atoms with E-state index in [9.17, 15) is 0 Å². The number of hydrogen-bond acceptors (Lipinski definition) is 4. The Bertz CT molecular complexity index is 850. The molecule has 0 atom stereocenters. The highest BCUT2D eigenvalue weighted by Crippen LogP contribution is 2.17. The summed E-state index contributed by atoms with van der Waals surface area (Å²) in [6.45, 7) is 3.17. The van der Waals surface area contributed by atoms with E-state index in [0.717, 1.165) is 32.7 Å². The molecule has 2 N–H and O–H groups in total. The SMILES string of the molecule is Cc1cc(NCc2ccccc2Cl)nc(NCc2ccc(Cl)cc2)n1. The highest BCUT2D eigenvalue weighted by atomic mass is 35.5. The van der Waals surface area contributed by atoms with E-state index in [2.05, 4.69) is 20.6 Å². The summed E-state index contributed by atoms with van der Waals surface area (Å²) in [7, 11) is 0. The van der Waals surface area contributed by atoms with Crippen molar-refractivity contribution >= 4 is 35.0 Å². The van der Waals surface area contributed by atoms with Gasteiger partial charge in [0, 0.05) is 34.9 Å². The Balaban J connectivity index is 1.65. The first-order valence-corrected chi connectivity index (χ1v) is 8.67. The molecule has 128 valence electrons. The summed E-state index contributed by atoms with van der Waals surface area (Å²) in [6.07, 6.45) is 0. The Labute approximate surface area is 157 Å². The van der Waals surface area contributed by atoms with Crippen LogP contribution in [0.15, 0.2) is 54.6 Å². The van der Waals surface area contributed by atoms with E-state index in [4.69, 9.17) is 23.2 Å². The predicted octanol–water partition coefficient (Wildman–Crippen LogP) is 5.32. The van der Waals surface area contributed by atoms with E-state index in [1.807, 2.05) is 61.5 Å². The van der Waals surface area contributed by atoms with Crippen LogP contribution in [0.3, 0.4) is 0 Å². The Morgan fingerprint density at radius 1 is 0.880 bits per heavy atom. The van der Waals surface area contributed by atoms with Crippen LogP contribution in [0, 0.1) is 6.92 Å². The molecular formula is C19H18Cl2N4. The molecule has 0 aliphatic rings. The van der Waals surface area contributed by atoms with Gasteiger partial charge < -0.3 is 10.6 Å². The molecule has 25 heavy (non-hydrogen) atoms. The van der Waals surface area contributed by atoms with Gasteiger partial charge in [-0.15, -0.1) is 0 Å². The number of aryl methyl sites for hydroxylation is 1. The largest absolute Gasteiger partial charge is 0.366 e. The van der Waals surface area contributed by atoms with Crippen molar-refractivity contribution in [2.75, 3.05) is 10.6 Å². The molecule has 0 aliphatic heterocycles. The summed E-state index contributed by atoms with van der Waals surface area (Å²) in [5.74, 6) is 1.34. The zero-order chi connectivity index (χ0) is 17.6. The monoisotopic (exact) mass is 372 g/mol. The fourth-order valence-electron chi connectivity index (χ4n) is 2.35. The molecule has 1 heterocycles. The number of halogens is 2. The Hall–Kier alpha value is -2.30. The summed E-state index contributed by atoms with van der Waals surface area (Å²) in [5, 5.41) is 8.00. The second-order valence-corrected chi connectivity index (χ2v) is 6.49. The Morgan fingerprint density at radius 3 is 2.40 bits per heavy atom. The molecule has 0 amide bonds. The highest BCUT2D eigenvalue weighted by Gasteiger charge is 2.04. The van der Waals surface area contributed by atoms with Crippen molar-refractivity contribution in [1.82, 2.24) is 9.97 Å². The fraction of sp³-hybridized carbons (Fsp3) is 0.158. The van der Waals surface area contributed by atoms with Crippen molar-refractivity contribution in [1.29, 1.82) is 0 Å². The first-order chi connectivity index (χ1) is 12.1. The maximum absolute atomic E-state index is 6.19. The van der Waals surface area contributed by atoms with E-state index >= 15 is 0 Å². The summed E-state index contributed by atoms with van der Waals surface area (Å²) in [5.41, 5.74) is 3.02. The second-order valence-electron chi connectivity index (χ2n) is 5.64. The van der Waals surface area contributed by atoms with Gasteiger partial charge >= 0.3 is 0 Å². The number of aromatic nitrogens is 2. The number of nitrogens with zero attached hydrogens (tertiary/aromatic N) is 2. The molecule has 3 rings (SSSR count). The molecule has 0 unspecified atom stereocenters. The summed E-state index contributed by atoms with van der Waals surface area (Å²) in [4.78, 5) is 8.93. The first-order valence-electron chi connectivity index (χ1n) is 7.91. The van der Waals surface area contributed by atoms with Gasteiger partial charge in [-0.3, -0.25) is 0 Å². The molecule has 0 saturated carbocycles. The van der Waals surface area contributed by atoms with Crippen LogP contribution >= 0.6 is 23.2 Å². The zero-order valence-electron chi connectivity index (χ0n) is 13.8. The molecule has 4 nitrogen and oxygen atoms in total. The standard InChI is InChI=1S/C19H18Cl2N4/c1-13-10-18(22-12-15-4-2-3-5-17(15)21)25-19(24-13)23-11-14-6-8-16(20)9-7-14/h2-10H,11-12H2,1H3,(H2,22,23,24,25). The van der Waals surface area contributed by atoms with Gasteiger partial charge in [0.2, 0.25) is 5.95 Å². The summed E-state index contributed by atoms with van der Waals surface area (Å²) < 4.78 is 0. The number of rotatable bonds is 6. The van der Waals surface area contributed by atoms with Crippen LogP contribution in [0.25, 0.3) is 0 Å². The van der Waals surface area contributed by atoms with Crippen molar-refractivity contribution in [2.24, 2.45) is 0 Å². The molecule has 6 heteroatoms.